The number of carboxylic acid groups (broad SMARTS) is 1. The Balaban J connectivity index is 1.94. The number of rotatable bonds is 2. The average Bonchev–Trinajstić information content (AvgIpc) is 3.05. The summed E-state index contributed by atoms with van der Waals surface area (Å²) in [5.74, 6) is -1.21. The number of carboxylic acids is 1. The van der Waals surface area contributed by atoms with Crippen molar-refractivity contribution in [1.82, 2.24) is 19.9 Å². The number of aromatic nitrogens is 3. The largest absolute Gasteiger partial charge is 0.480 e. The van der Waals surface area contributed by atoms with Gasteiger partial charge in [0.1, 0.15) is 11.6 Å². The number of carbonyl (C=O) groups excluding carboxylic acids is 1. The molecule has 1 aromatic heterocycles. The molecule has 0 unspecified atom stereocenters. The normalized spacial score (nSPS) is 18.6. The van der Waals surface area contributed by atoms with Gasteiger partial charge in [0.2, 0.25) is 0 Å². The zero-order valence-electron chi connectivity index (χ0n) is 11.0. The van der Waals surface area contributed by atoms with Crippen LogP contribution in [0.15, 0.2) is 18.2 Å². The van der Waals surface area contributed by atoms with Gasteiger partial charge in [-0.15, -0.1) is 5.10 Å². The number of amides is 1. The monoisotopic (exact) mass is 274 g/mol. The van der Waals surface area contributed by atoms with Crippen molar-refractivity contribution in [1.29, 1.82) is 0 Å². The van der Waals surface area contributed by atoms with Gasteiger partial charge in [0, 0.05) is 19.2 Å². The molecule has 7 heteroatoms. The quantitative estimate of drug-likeness (QED) is 0.869. The number of aryl methyl sites for hydroxylation is 1. The molecule has 1 aliphatic rings. The van der Waals surface area contributed by atoms with Gasteiger partial charge in [-0.3, -0.25) is 4.79 Å². The highest BCUT2D eigenvalue weighted by molar-refractivity contribution is 5.99. The third kappa shape index (κ3) is 1.91. The van der Waals surface area contributed by atoms with Crippen LogP contribution < -0.4 is 0 Å². The first kappa shape index (κ1) is 12.6. The second-order valence-electron chi connectivity index (χ2n) is 4.91. The van der Waals surface area contributed by atoms with Crippen molar-refractivity contribution >= 4 is 22.9 Å². The Hall–Kier alpha value is -2.44. The van der Waals surface area contributed by atoms with Crippen LogP contribution in [0.25, 0.3) is 11.0 Å². The van der Waals surface area contributed by atoms with Crippen LogP contribution in [0, 0.1) is 0 Å². The zero-order chi connectivity index (χ0) is 14.3. The van der Waals surface area contributed by atoms with Crippen molar-refractivity contribution in [3.63, 3.8) is 0 Å². The van der Waals surface area contributed by atoms with Crippen LogP contribution in [0.2, 0.25) is 0 Å². The Labute approximate surface area is 114 Å². The van der Waals surface area contributed by atoms with E-state index in [0.29, 0.717) is 24.0 Å². The van der Waals surface area contributed by atoms with Gasteiger partial charge >= 0.3 is 5.97 Å². The molecule has 2 aromatic rings. The topological polar surface area (TPSA) is 88.3 Å². The maximum absolute atomic E-state index is 12.4. The van der Waals surface area contributed by atoms with Gasteiger partial charge in [-0.25, -0.2) is 9.48 Å². The van der Waals surface area contributed by atoms with E-state index in [4.69, 9.17) is 5.11 Å². The Kier molecular flexibility index (Phi) is 2.89. The number of hydrogen-bond acceptors (Lipinski definition) is 4. The molecule has 3 rings (SSSR count). The fraction of sp³-hybridized carbons (Fsp3) is 0.385. The van der Waals surface area contributed by atoms with Crippen molar-refractivity contribution in [2.45, 2.75) is 18.9 Å². The molecule has 0 aliphatic carbocycles. The molecule has 7 nitrogen and oxygen atoms in total. The Morgan fingerprint density at radius 3 is 2.95 bits per heavy atom. The highest BCUT2D eigenvalue weighted by atomic mass is 16.4. The lowest BCUT2D eigenvalue weighted by Gasteiger charge is -2.21. The van der Waals surface area contributed by atoms with Gasteiger partial charge < -0.3 is 10.0 Å². The predicted octanol–water partition coefficient (Wildman–Crippen LogP) is 0.657. The predicted molar refractivity (Wildman–Crippen MR) is 70.2 cm³/mol. The Morgan fingerprint density at radius 1 is 1.40 bits per heavy atom. The first-order valence-electron chi connectivity index (χ1n) is 6.41. The summed E-state index contributed by atoms with van der Waals surface area (Å²) in [6.45, 7) is 0.480. The molecule has 1 aromatic carbocycles. The lowest BCUT2D eigenvalue weighted by molar-refractivity contribution is -0.141. The summed E-state index contributed by atoms with van der Waals surface area (Å²) in [5, 5.41) is 17.0. The third-order valence-corrected chi connectivity index (χ3v) is 3.66. The molecule has 104 valence electrons. The molecule has 20 heavy (non-hydrogen) atoms. The van der Waals surface area contributed by atoms with Crippen LogP contribution in [0.4, 0.5) is 0 Å². The Morgan fingerprint density at radius 2 is 2.20 bits per heavy atom. The molecular weight excluding hydrogens is 260 g/mol. The lowest BCUT2D eigenvalue weighted by atomic mass is 10.1. The molecule has 1 atom stereocenters. The van der Waals surface area contributed by atoms with Crippen molar-refractivity contribution < 1.29 is 14.7 Å². The van der Waals surface area contributed by atoms with Crippen LogP contribution in [-0.2, 0) is 11.8 Å². The SMILES string of the molecule is Cn1nnc2cc(C(=O)N3CCC[C@@H]3C(=O)O)ccc21. The summed E-state index contributed by atoms with van der Waals surface area (Å²) >= 11 is 0. The molecule has 0 saturated carbocycles. The molecule has 1 amide bonds. The highest BCUT2D eigenvalue weighted by Crippen LogP contribution is 2.21. The average molecular weight is 274 g/mol. The minimum Gasteiger partial charge on any atom is -0.480 e. The summed E-state index contributed by atoms with van der Waals surface area (Å²) in [4.78, 5) is 25.0. The molecule has 1 fully saturated rings. The van der Waals surface area contributed by atoms with Crippen LogP contribution in [0.1, 0.15) is 23.2 Å². The summed E-state index contributed by atoms with van der Waals surface area (Å²) in [5.41, 5.74) is 1.91. The third-order valence-electron chi connectivity index (χ3n) is 3.66. The van der Waals surface area contributed by atoms with Crippen LogP contribution in [-0.4, -0.2) is 49.5 Å². The van der Waals surface area contributed by atoms with Gasteiger partial charge in [0.25, 0.3) is 5.91 Å². The molecule has 0 spiro atoms. The lowest BCUT2D eigenvalue weighted by Crippen LogP contribution is -2.40. The first-order valence-corrected chi connectivity index (χ1v) is 6.41. The number of fused-ring (bicyclic) bond motifs is 1. The van der Waals surface area contributed by atoms with Crippen LogP contribution in [0.3, 0.4) is 0 Å². The summed E-state index contributed by atoms with van der Waals surface area (Å²) in [6.07, 6.45) is 1.23. The minimum absolute atomic E-state index is 0.262. The number of aliphatic carboxylic acids is 1. The summed E-state index contributed by atoms with van der Waals surface area (Å²) in [6, 6.07) is 4.39. The number of hydrogen-bond donors (Lipinski definition) is 1. The summed E-state index contributed by atoms with van der Waals surface area (Å²) in [7, 11) is 1.78. The van der Waals surface area contributed by atoms with E-state index in [1.54, 1.807) is 29.9 Å². The summed E-state index contributed by atoms with van der Waals surface area (Å²) < 4.78 is 1.62. The van der Waals surface area contributed by atoms with E-state index in [2.05, 4.69) is 10.3 Å². The highest BCUT2D eigenvalue weighted by Gasteiger charge is 2.34. The molecule has 2 heterocycles. The second-order valence-corrected chi connectivity index (χ2v) is 4.91. The van der Waals surface area contributed by atoms with E-state index in [0.717, 1.165) is 11.9 Å². The molecule has 1 saturated heterocycles. The second kappa shape index (κ2) is 4.59. The van der Waals surface area contributed by atoms with E-state index >= 15 is 0 Å². The fourth-order valence-corrected chi connectivity index (χ4v) is 2.61. The van der Waals surface area contributed by atoms with Gasteiger partial charge in [0.15, 0.2) is 0 Å². The van der Waals surface area contributed by atoms with Gasteiger partial charge in [0.05, 0.1) is 5.52 Å². The minimum atomic E-state index is -0.948. The number of benzene rings is 1. The zero-order valence-corrected chi connectivity index (χ0v) is 11.0. The van der Waals surface area contributed by atoms with E-state index in [1.807, 2.05) is 0 Å². The smallest absolute Gasteiger partial charge is 0.326 e. The van der Waals surface area contributed by atoms with E-state index in [9.17, 15) is 9.59 Å². The molecular formula is C13H14N4O3. The number of carbonyl (C=O) groups is 2. The maximum Gasteiger partial charge on any atom is 0.326 e. The molecule has 1 aliphatic heterocycles. The number of likely N-dealkylation sites (tertiary alicyclic amines) is 1. The van der Waals surface area contributed by atoms with Crippen molar-refractivity contribution in [3.8, 4) is 0 Å². The van der Waals surface area contributed by atoms with Crippen molar-refractivity contribution in [2.75, 3.05) is 6.54 Å². The first-order chi connectivity index (χ1) is 9.58. The maximum atomic E-state index is 12.4. The van der Waals surface area contributed by atoms with Crippen LogP contribution >= 0.6 is 0 Å². The standard InChI is InChI=1S/C13H14N4O3/c1-16-10-5-4-8(7-9(10)14-15-16)12(18)17-6-2-3-11(17)13(19)20/h4-5,7,11H,2-3,6H2,1H3,(H,19,20)/t11-/m1/s1. The van der Waals surface area contributed by atoms with Crippen molar-refractivity contribution in [3.05, 3.63) is 23.8 Å². The van der Waals surface area contributed by atoms with Crippen LogP contribution in [0.5, 0.6) is 0 Å². The van der Waals surface area contributed by atoms with E-state index in [-0.39, 0.29) is 5.91 Å². The Bertz CT molecular complexity index is 694. The van der Waals surface area contributed by atoms with Gasteiger partial charge in [-0.1, -0.05) is 5.21 Å². The molecule has 0 radical (unpaired) electrons. The van der Waals surface area contributed by atoms with E-state index in [1.165, 1.54) is 4.90 Å². The fourth-order valence-electron chi connectivity index (χ4n) is 2.61. The van der Waals surface area contributed by atoms with E-state index < -0.39 is 12.0 Å². The number of nitrogens with zero attached hydrogens (tertiary/aromatic N) is 4. The molecule has 0 bridgehead atoms. The van der Waals surface area contributed by atoms with Gasteiger partial charge in [-0.2, -0.15) is 0 Å². The molecule has 1 N–H and O–H groups in total. The van der Waals surface area contributed by atoms with Gasteiger partial charge in [-0.05, 0) is 31.0 Å². The van der Waals surface area contributed by atoms with Crippen molar-refractivity contribution in [2.24, 2.45) is 7.05 Å².